The molecule has 5 nitrogen and oxygen atoms in total. The summed E-state index contributed by atoms with van der Waals surface area (Å²) in [7, 11) is 0. The Balaban J connectivity index is 2.19. The van der Waals surface area contributed by atoms with Gasteiger partial charge in [0.05, 0.1) is 12.2 Å². The van der Waals surface area contributed by atoms with Crippen LogP contribution in [0.25, 0.3) is 0 Å². The summed E-state index contributed by atoms with van der Waals surface area (Å²) in [6.45, 7) is 0.584. The maximum atomic E-state index is 10.8. The number of oxazole rings is 1. The lowest BCUT2D eigenvalue weighted by molar-refractivity contribution is 0.135. The number of likely N-dealkylation sites (tertiary alicyclic amines) is 1. The average Bonchev–Trinajstić information content (AvgIpc) is 2.74. The van der Waals surface area contributed by atoms with Crippen LogP contribution in [0.5, 0.6) is 0 Å². The van der Waals surface area contributed by atoms with E-state index in [0.29, 0.717) is 12.3 Å². The van der Waals surface area contributed by atoms with Crippen LogP contribution in [0.4, 0.5) is 4.79 Å². The van der Waals surface area contributed by atoms with E-state index in [1.165, 1.54) is 11.3 Å². The van der Waals surface area contributed by atoms with Crippen LogP contribution in [0.3, 0.4) is 0 Å². The molecule has 2 rings (SSSR count). The van der Waals surface area contributed by atoms with E-state index in [9.17, 15) is 4.79 Å². The van der Waals surface area contributed by atoms with Gasteiger partial charge in [0, 0.05) is 6.54 Å². The van der Waals surface area contributed by atoms with Gasteiger partial charge in [-0.1, -0.05) is 0 Å². The quantitative estimate of drug-likeness (QED) is 0.714. The summed E-state index contributed by atoms with van der Waals surface area (Å²) >= 11 is 0. The summed E-state index contributed by atoms with van der Waals surface area (Å²) in [5.41, 5.74) is 0. The molecular weight excluding hydrogens is 172 g/mol. The predicted octanol–water partition coefficient (Wildman–Crippen LogP) is 1.49. The number of carboxylic acid groups (broad SMARTS) is 1. The summed E-state index contributed by atoms with van der Waals surface area (Å²) in [6.07, 6.45) is 3.72. The van der Waals surface area contributed by atoms with Gasteiger partial charge in [0.25, 0.3) is 0 Å². The summed E-state index contributed by atoms with van der Waals surface area (Å²) in [4.78, 5) is 15.9. The van der Waals surface area contributed by atoms with E-state index in [4.69, 9.17) is 9.52 Å². The van der Waals surface area contributed by atoms with Crippen LogP contribution in [0.15, 0.2) is 17.0 Å². The highest BCUT2D eigenvalue weighted by Crippen LogP contribution is 2.31. The van der Waals surface area contributed by atoms with Crippen molar-refractivity contribution >= 4 is 6.09 Å². The molecule has 13 heavy (non-hydrogen) atoms. The molecule has 0 aliphatic carbocycles. The monoisotopic (exact) mass is 182 g/mol. The smallest absolute Gasteiger partial charge is 0.407 e. The Morgan fingerprint density at radius 2 is 2.62 bits per heavy atom. The first-order valence-corrected chi connectivity index (χ1v) is 4.17. The number of hydrogen-bond acceptors (Lipinski definition) is 3. The molecule has 1 aromatic rings. The molecule has 5 heteroatoms. The van der Waals surface area contributed by atoms with Gasteiger partial charge in [0.15, 0.2) is 6.39 Å². The Hall–Kier alpha value is -1.52. The Morgan fingerprint density at radius 1 is 1.77 bits per heavy atom. The number of amides is 1. The fraction of sp³-hybridized carbons (Fsp3) is 0.500. The lowest BCUT2D eigenvalue weighted by Gasteiger charge is -2.18. The van der Waals surface area contributed by atoms with Crippen molar-refractivity contribution in [3.8, 4) is 0 Å². The first-order valence-electron chi connectivity index (χ1n) is 4.17. The molecule has 0 bridgehead atoms. The van der Waals surface area contributed by atoms with Gasteiger partial charge < -0.3 is 9.52 Å². The van der Waals surface area contributed by atoms with Gasteiger partial charge in [-0.05, 0) is 12.8 Å². The Morgan fingerprint density at radius 3 is 3.23 bits per heavy atom. The first kappa shape index (κ1) is 8.10. The van der Waals surface area contributed by atoms with Crippen LogP contribution in [-0.2, 0) is 0 Å². The molecule has 2 heterocycles. The van der Waals surface area contributed by atoms with Crippen molar-refractivity contribution in [1.29, 1.82) is 0 Å². The van der Waals surface area contributed by atoms with Crippen LogP contribution in [0, 0.1) is 0 Å². The van der Waals surface area contributed by atoms with Gasteiger partial charge in [0.2, 0.25) is 0 Å². The second kappa shape index (κ2) is 3.08. The van der Waals surface area contributed by atoms with Gasteiger partial charge in [-0.15, -0.1) is 0 Å². The normalized spacial score (nSPS) is 22.2. The van der Waals surface area contributed by atoms with Crippen molar-refractivity contribution in [2.75, 3.05) is 6.54 Å². The zero-order valence-corrected chi connectivity index (χ0v) is 7.01. The largest absolute Gasteiger partial charge is 0.465 e. The summed E-state index contributed by atoms with van der Waals surface area (Å²) < 4.78 is 5.08. The molecule has 0 spiro atoms. The average molecular weight is 182 g/mol. The van der Waals surface area contributed by atoms with Crippen LogP contribution in [0.1, 0.15) is 24.6 Å². The van der Waals surface area contributed by atoms with E-state index in [0.717, 1.165) is 12.8 Å². The minimum absolute atomic E-state index is 0.139. The van der Waals surface area contributed by atoms with Crippen LogP contribution in [0.2, 0.25) is 0 Å². The zero-order valence-electron chi connectivity index (χ0n) is 7.01. The molecule has 1 N–H and O–H groups in total. The molecule has 1 fully saturated rings. The SMILES string of the molecule is O=C(O)N1CCC[C@@H]1c1cnco1. The molecule has 1 aliphatic heterocycles. The molecule has 1 atom stereocenters. The fourth-order valence-electron chi connectivity index (χ4n) is 1.68. The number of rotatable bonds is 1. The van der Waals surface area contributed by atoms with Crippen molar-refractivity contribution in [3.05, 3.63) is 18.4 Å². The molecule has 1 saturated heterocycles. The molecule has 1 aromatic heterocycles. The van der Waals surface area contributed by atoms with Crippen molar-refractivity contribution in [2.45, 2.75) is 18.9 Å². The van der Waals surface area contributed by atoms with Crippen molar-refractivity contribution in [1.82, 2.24) is 9.88 Å². The number of nitrogens with zero attached hydrogens (tertiary/aromatic N) is 2. The van der Waals surface area contributed by atoms with E-state index in [1.807, 2.05) is 0 Å². The molecule has 0 aromatic carbocycles. The van der Waals surface area contributed by atoms with Crippen molar-refractivity contribution < 1.29 is 14.3 Å². The zero-order chi connectivity index (χ0) is 9.26. The highest BCUT2D eigenvalue weighted by molar-refractivity contribution is 5.66. The molecule has 0 unspecified atom stereocenters. The topological polar surface area (TPSA) is 66.6 Å². The van der Waals surface area contributed by atoms with Crippen LogP contribution in [-0.4, -0.2) is 27.6 Å². The summed E-state index contributed by atoms with van der Waals surface area (Å²) in [5.74, 6) is 0.639. The van der Waals surface area contributed by atoms with E-state index < -0.39 is 6.09 Å². The number of aromatic nitrogens is 1. The van der Waals surface area contributed by atoms with E-state index in [1.54, 1.807) is 6.20 Å². The third-order valence-corrected chi connectivity index (χ3v) is 2.28. The molecule has 0 radical (unpaired) electrons. The maximum Gasteiger partial charge on any atom is 0.407 e. The highest BCUT2D eigenvalue weighted by Gasteiger charge is 2.31. The summed E-state index contributed by atoms with van der Waals surface area (Å²) in [5, 5.41) is 8.85. The molecule has 1 aliphatic rings. The lowest BCUT2D eigenvalue weighted by Crippen LogP contribution is -2.28. The van der Waals surface area contributed by atoms with Gasteiger partial charge in [-0.3, -0.25) is 4.90 Å². The molecule has 1 amide bonds. The second-order valence-electron chi connectivity index (χ2n) is 3.04. The van der Waals surface area contributed by atoms with Crippen LogP contribution >= 0.6 is 0 Å². The summed E-state index contributed by atoms with van der Waals surface area (Å²) in [6, 6.07) is -0.139. The van der Waals surface area contributed by atoms with Crippen molar-refractivity contribution in [3.63, 3.8) is 0 Å². The highest BCUT2D eigenvalue weighted by atomic mass is 16.4. The van der Waals surface area contributed by atoms with E-state index in [-0.39, 0.29) is 6.04 Å². The van der Waals surface area contributed by atoms with Gasteiger partial charge in [0.1, 0.15) is 5.76 Å². The third kappa shape index (κ3) is 1.37. The van der Waals surface area contributed by atoms with E-state index in [2.05, 4.69) is 4.98 Å². The maximum absolute atomic E-state index is 10.8. The minimum Gasteiger partial charge on any atom is -0.465 e. The molecule has 70 valence electrons. The fourth-order valence-corrected chi connectivity index (χ4v) is 1.68. The second-order valence-corrected chi connectivity index (χ2v) is 3.04. The van der Waals surface area contributed by atoms with Gasteiger partial charge in [-0.2, -0.15) is 0 Å². The van der Waals surface area contributed by atoms with Gasteiger partial charge in [-0.25, -0.2) is 9.78 Å². The Labute approximate surface area is 75.0 Å². The number of hydrogen-bond donors (Lipinski definition) is 1. The molecular formula is C8H10N2O3. The van der Waals surface area contributed by atoms with E-state index >= 15 is 0 Å². The Bertz CT molecular complexity index is 296. The Kier molecular flexibility index (Phi) is 1.92. The lowest BCUT2D eigenvalue weighted by atomic mass is 10.2. The minimum atomic E-state index is -0.890. The predicted molar refractivity (Wildman–Crippen MR) is 43.2 cm³/mol. The number of carbonyl (C=O) groups is 1. The van der Waals surface area contributed by atoms with Crippen molar-refractivity contribution in [2.24, 2.45) is 0 Å². The van der Waals surface area contributed by atoms with Gasteiger partial charge >= 0.3 is 6.09 Å². The molecule has 0 saturated carbocycles. The van der Waals surface area contributed by atoms with Crippen LogP contribution < -0.4 is 0 Å². The first-order chi connectivity index (χ1) is 6.29. The standard InChI is InChI=1S/C8H10N2O3/c11-8(12)10-3-1-2-6(10)7-4-9-5-13-7/h4-6H,1-3H2,(H,11,12)/t6-/m1/s1. The third-order valence-electron chi connectivity index (χ3n) is 2.28.